The van der Waals surface area contributed by atoms with Gasteiger partial charge in [0.15, 0.2) is 0 Å². The molecule has 1 aliphatic heterocycles. The summed E-state index contributed by atoms with van der Waals surface area (Å²) in [4.78, 5) is 13.8. The molecule has 1 saturated heterocycles. The van der Waals surface area contributed by atoms with Crippen LogP contribution in [-0.2, 0) is 14.3 Å². The van der Waals surface area contributed by atoms with Crippen LogP contribution in [0.2, 0.25) is 0 Å². The van der Waals surface area contributed by atoms with Gasteiger partial charge < -0.3 is 9.47 Å². The molecule has 116 valence electrons. The van der Waals surface area contributed by atoms with Crippen LogP contribution in [0.25, 0.3) is 0 Å². The molecule has 1 aromatic rings. The maximum atomic E-state index is 11.4. The molecule has 0 N–H and O–H groups in total. The van der Waals surface area contributed by atoms with Gasteiger partial charge in [0.05, 0.1) is 19.6 Å². The Morgan fingerprint density at radius 2 is 2.19 bits per heavy atom. The summed E-state index contributed by atoms with van der Waals surface area (Å²) in [6.07, 6.45) is 2.94. The van der Waals surface area contributed by atoms with Gasteiger partial charge in [0, 0.05) is 25.7 Å². The number of methoxy groups -OCH3 is 1. The van der Waals surface area contributed by atoms with Crippen LogP contribution in [0.1, 0.15) is 37.8 Å². The summed E-state index contributed by atoms with van der Waals surface area (Å²) >= 11 is 0. The van der Waals surface area contributed by atoms with Crippen LogP contribution in [0.15, 0.2) is 30.3 Å². The third-order valence-corrected chi connectivity index (χ3v) is 4.12. The van der Waals surface area contributed by atoms with Gasteiger partial charge in [-0.1, -0.05) is 30.3 Å². The molecule has 0 aliphatic carbocycles. The van der Waals surface area contributed by atoms with E-state index in [2.05, 4.69) is 36.1 Å². The highest BCUT2D eigenvalue weighted by Gasteiger charge is 2.23. The fourth-order valence-electron chi connectivity index (χ4n) is 2.77. The molecule has 0 bridgehead atoms. The summed E-state index contributed by atoms with van der Waals surface area (Å²) in [6, 6.07) is 10.7. The van der Waals surface area contributed by atoms with E-state index >= 15 is 0 Å². The van der Waals surface area contributed by atoms with Crippen LogP contribution >= 0.6 is 0 Å². The first-order valence-corrected chi connectivity index (χ1v) is 7.68. The van der Waals surface area contributed by atoms with Gasteiger partial charge in [-0.3, -0.25) is 9.69 Å². The van der Waals surface area contributed by atoms with E-state index in [1.807, 2.05) is 6.07 Å². The third-order valence-electron chi connectivity index (χ3n) is 4.12. The summed E-state index contributed by atoms with van der Waals surface area (Å²) in [5.74, 6) is -0.160. The minimum absolute atomic E-state index is 0.160. The fraction of sp³-hybridized carbons (Fsp3) is 0.588. The molecule has 0 amide bonds. The molecule has 1 heterocycles. The first kappa shape index (κ1) is 16.0. The van der Waals surface area contributed by atoms with Gasteiger partial charge in [-0.2, -0.15) is 0 Å². The van der Waals surface area contributed by atoms with Gasteiger partial charge in [0.25, 0.3) is 0 Å². The average Bonchev–Trinajstić information content (AvgIpc) is 3.04. The zero-order valence-electron chi connectivity index (χ0n) is 13.0. The van der Waals surface area contributed by atoms with Crippen molar-refractivity contribution in [3.8, 4) is 0 Å². The van der Waals surface area contributed by atoms with E-state index in [1.165, 1.54) is 12.7 Å². The smallest absolute Gasteiger partial charge is 0.306 e. The minimum atomic E-state index is -0.160. The number of carbonyl (C=O) groups is 1. The first-order chi connectivity index (χ1) is 10.2. The van der Waals surface area contributed by atoms with E-state index < -0.39 is 0 Å². The monoisotopic (exact) mass is 291 g/mol. The Bertz CT molecular complexity index is 429. The van der Waals surface area contributed by atoms with Gasteiger partial charge >= 0.3 is 5.97 Å². The molecule has 2 unspecified atom stereocenters. The zero-order valence-corrected chi connectivity index (χ0v) is 13.0. The second-order valence-corrected chi connectivity index (χ2v) is 5.54. The van der Waals surface area contributed by atoms with Crippen molar-refractivity contribution in [3.05, 3.63) is 35.9 Å². The fourth-order valence-corrected chi connectivity index (χ4v) is 2.77. The summed E-state index contributed by atoms with van der Waals surface area (Å²) in [6.45, 7) is 4.60. The molecule has 4 nitrogen and oxygen atoms in total. The molecule has 2 rings (SSSR count). The molecule has 1 aromatic carbocycles. The van der Waals surface area contributed by atoms with E-state index in [0.717, 1.165) is 26.0 Å². The molecule has 21 heavy (non-hydrogen) atoms. The van der Waals surface area contributed by atoms with Crippen molar-refractivity contribution < 1.29 is 14.3 Å². The normalized spacial score (nSPS) is 19.7. The van der Waals surface area contributed by atoms with Crippen molar-refractivity contribution in [1.82, 2.24) is 4.90 Å². The van der Waals surface area contributed by atoms with Crippen molar-refractivity contribution in [2.45, 2.75) is 38.3 Å². The van der Waals surface area contributed by atoms with Crippen LogP contribution < -0.4 is 0 Å². The number of esters is 1. The van der Waals surface area contributed by atoms with Crippen molar-refractivity contribution >= 4 is 5.97 Å². The van der Waals surface area contributed by atoms with Crippen LogP contribution in [0.3, 0.4) is 0 Å². The molecule has 1 fully saturated rings. The molecule has 0 spiro atoms. The number of hydrogen-bond acceptors (Lipinski definition) is 4. The number of carbonyl (C=O) groups excluding carboxylic acids is 1. The first-order valence-electron chi connectivity index (χ1n) is 7.68. The maximum absolute atomic E-state index is 11.4. The van der Waals surface area contributed by atoms with Crippen molar-refractivity contribution in [3.63, 3.8) is 0 Å². The maximum Gasteiger partial charge on any atom is 0.306 e. The van der Waals surface area contributed by atoms with Crippen molar-refractivity contribution in [2.24, 2.45) is 0 Å². The second-order valence-electron chi connectivity index (χ2n) is 5.54. The van der Waals surface area contributed by atoms with Gasteiger partial charge in [-0.05, 0) is 25.3 Å². The second kappa shape index (κ2) is 8.15. The molecule has 0 aromatic heterocycles. The summed E-state index contributed by atoms with van der Waals surface area (Å²) < 4.78 is 10.5. The molecular formula is C17H25NO3. The summed E-state index contributed by atoms with van der Waals surface area (Å²) in [5.41, 5.74) is 1.26. The van der Waals surface area contributed by atoms with Gasteiger partial charge in [-0.25, -0.2) is 0 Å². The largest absolute Gasteiger partial charge is 0.469 e. The number of rotatable bonds is 7. The molecule has 1 aliphatic rings. The standard InChI is InChI=1S/C17H25NO3/c1-14(15-7-4-3-5-8-15)18(11-10-17(19)20-2)13-16-9-6-12-21-16/h3-5,7-8,14,16H,6,9-13H2,1-2H3. The molecule has 2 atom stereocenters. The van der Waals surface area contributed by atoms with Crippen molar-refractivity contribution in [2.75, 3.05) is 26.8 Å². The highest BCUT2D eigenvalue weighted by Crippen LogP contribution is 2.23. The van der Waals surface area contributed by atoms with E-state index in [9.17, 15) is 4.79 Å². The van der Waals surface area contributed by atoms with Crippen molar-refractivity contribution in [1.29, 1.82) is 0 Å². The topological polar surface area (TPSA) is 38.8 Å². The quantitative estimate of drug-likeness (QED) is 0.724. The lowest BCUT2D eigenvalue weighted by molar-refractivity contribution is -0.141. The third kappa shape index (κ3) is 4.83. The Hall–Kier alpha value is -1.39. The van der Waals surface area contributed by atoms with Crippen LogP contribution in [0.5, 0.6) is 0 Å². The Morgan fingerprint density at radius 3 is 2.81 bits per heavy atom. The molecular weight excluding hydrogens is 266 g/mol. The number of hydrogen-bond donors (Lipinski definition) is 0. The predicted octanol–water partition coefficient (Wildman–Crippen LogP) is 2.79. The van der Waals surface area contributed by atoms with Gasteiger partial charge in [-0.15, -0.1) is 0 Å². The summed E-state index contributed by atoms with van der Waals surface area (Å²) in [7, 11) is 1.44. The van der Waals surface area contributed by atoms with E-state index in [-0.39, 0.29) is 18.1 Å². The predicted molar refractivity (Wildman–Crippen MR) is 82.0 cm³/mol. The van der Waals surface area contributed by atoms with E-state index in [0.29, 0.717) is 13.0 Å². The minimum Gasteiger partial charge on any atom is -0.469 e. The highest BCUT2D eigenvalue weighted by atomic mass is 16.5. The molecule has 4 heteroatoms. The zero-order chi connectivity index (χ0) is 15.1. The van der Waals surface area contributed by atoms with Gasteiger partial charge in [0.1, 0.15) is 0 Å². The Balaban J connectivity index is 2.00. The summed E-state index contributed by atoms with van der Waals surface area (Å²) in [5, 5.41) is 0. The number of ether oxygens (including phenoxy) is 2. The SMILES string of the molecule is COC(=O)CCN(CC1CCCO1)C(C)c1ccccc1. The molecule has 0 saturated carbocycles. The Kier molecular flexibility index (Phi) is 6.21. The van der Waals surface area contributed by atoms with Crippen LogP contribution in [0.4, 0.5) is 0 Å². The van der Waals surface area contributed by atoms with Crippen LogP contribution in [0, 0.1) is 0 Å². The lowest BCUT2D eigenvalue weighted by atomic mass is 10.1. The van der Waals surface area contributed by atoms with E-state index in [4.69, 9.17) is 9.47 Å². The molecule has 0 radical (unpaired) electrons. The van der Waals surface area contributed by atoms with Gasteiger partial charge in [0.2, 0.25) is 0 Å². The Labute approximate surface area is 127 Å². The number of nitrogens with zero attached hydrogens (tertiary/aromatic N) is 1. The van der Waals surface area contributed by atoms with E-state index in [1.54, 1.807) is 0 Å². The number of benzene rings is 1. The lowest BCUT2D eigenvalue weighted by Gasteiger charge is -2.31. The highest BCUT2D eigenvalue weighted by molar-refractivity contribution is 5.69. The lowest BCUT2D eigenvalue weighted by Crippen LogP contribution is -2.36. The van der Waals surface area contributed by atoms with Crippen LogP contribution in [-0.4, -0.2) is 43.8 Å². The Morgan fingerprint density at radius 1 is 1.43 bits per heavy atom. The average molecular weight is 291 g/mol.